The highest BCUT2D eigenvalue weighted by atomic mass is 14.4. The Morgan fingerprint density at radius 2 is 1.18 bits per heavy atom. The first-order chi connectivity index (χ1) is 29.8. The molecule has 0 aromatic heterocycles. The molecule has 0 bridgehead atoms. The van der Waals surface area contributed by atoms with Gasteiger partial charge < -0.3 is 0 Å². The van der Waals surface area contributed by atoms with Crippen molar-refractivity contribution >= 4 is 22.3 Å². The van der Waals surface area contributed by atoms with E-state index in [1.54, 1.807) is 16.7 Å². The Balaban J connectivity index is 0.000000159. The molecule has 0 saturated heterocycles. The van der Waals surface area contributed by atoms with Gasteiger partial charge in [-0.2, -0.15) is 0 Å². The minimum Gasteiger partial charge on any atom is -0.0836 e. The highest BCUT2D eigenvalue weighted by Gasteiger charge is 2.40. The maximum Gasteiger partial charge on any atom is 0.0121 e. The molecule has 5 aromatic carbocycles. The van der Waals surface area contributed by atoms with Gasteiger partial charge in [0, 0.05) is 10.8 Å². The zero-order valence-electron chi connectivity index (χ0n) is 39.2. The Kier molecular flexibility index (Phi) is 11.0. The fraction of sp³-hybridized carbons (Fsp3) is 0.323. The molecule has 314 valence electrons. The van der Waals surface area contributed by atoms with Gasteiger partial charge in [-0.25, -0.2) is 0 Å². The second kappa shape index (κ2) is 16.3. The molecule has 5 aromatic rings. The average molecular weight is 811 g/mol. The van der Waals surface area contributed by atoms with E-state index in [1.165, 1.54) is 126 Å². The normalized spacial score (nSPS) is 18.6. The fourth-order valence-corrected chi connectivity index (χ4v) is 11.6. The molecule has 62 heavy (non-hydrogen) atoms. The summed E-state index contributed by atoms with van der Waals surface area (Å²) in [6, 6.07) is 39.2. The molecule has 0 spiro atoms. The Morgan fingerprint density at radius 3 is 1.94 bits per heavy atom. The van der Waals surface area contributed by atoms with Gasteiger partial charge in [0.25, 0.3) is 0 Å². The number of allylic oxidation sites excluding steroid dienone is 12. The minimum absolute atomic E-state index is 0.127. The molecule has 0 saturated carbocycles. The molecule has 0 radical (unpaired) electrons. The first-order valence-corrected chi connectivity index (χ1v) is 23.6. The quantitative estimate of drug-likeness (QED) is 0.160. The van der Waals surface area contributed by atoms with Crippen molar-refractivity contribution in [1.29, 1.82) is 0 Å². The lowest BCUT2D eigenvalue weighted by atomic mass is 9.74. The SMILES string of the molecule is CC1=C(c2cc(-c3ccc4c(c3)C(C)(C)C3=C4C=CCC3)ccc2C)C=CCC1.CCC(C)c1c(C2=C(C)C3=C(CC2)C(C)(C)c2ccccc23)cccc1-c1ccc(C)cc1. The maximum atomic E-state index is 2.45. The van der Waals surface area contributed by atoms with Crippen LogP contribution in [0.4, 0.5) is 0 Å². The molecular formula is C62H66. The van der Waals surface area contributed by atoms with Gasteiger partial charge in [-0.05, 0) is 185 Å². The van der Waals surface area contributed by atoms with Crippen molar-refractivity contribution in [3.63, 3.8) is 0 Å². The molecule has 1 unspecified atom stereocenters. The number of rotatable bonds is 6. The Labute approximate surface area is 373 Å². The zero-order chi connectivity index (χ0) is 43.5. The topological polar surface area (TPSA) is 0 Å². The molecule has 0 aliphatic heterocycles. The summed E-state index contributed by atoms with van der Waals surface area (Å²) in [4.78, 5) is 0. The average Bonchev–Trinajstić information content (AvgIpc) is 3.66. The summed E-state index contributed by atoms with van der Waals surface area (Å²) in [5.41, 5.74) is 30.7. The van der Waals surface area contributed by atoms with Gasteiger partial charge in [-0.15, -0.1) is 0 Å². The standard InChI is InChI=1S/C33H36.C29H30/c1-7-22(3)31-26(24-17-15-21(2)16-18-24)12-10-13-27(31)25-19-20-30-32(23(25)4)28-11-8-9-14-29(28)33(30,5)6;1-19-9-5-6-10-23(19)26-17-21(14-13-20(26)2)22-15-16-25-24-11-7-8-12-27(24)29(3,4)28(25)18-22/h8-18,22H,7,19-20H2,1-6H3;6-7,10-11,13-18H,5,8-9,12H2,1-4H3. The van der Waals surface area contributed by atoms with Crippen LogP contribution in [0.15, 0.2) is 150 Å². The van der Waals surface area contributed by atoms with Crippen LogP contribution < -0.4 is 0 Å². The van der Waals surface area contributed by atoms with Gasteiger partial charge in [-0.1, -0.05) is 179 Å². The smallest absolute Gasteiger partial charge is 0.0121 e. The van der Waals surface area contributed by atoms with Crippen LogP contribution in [-0.4, -0.2) is 0 Å². The second-order valence-corrected chi connectivity index (χ2v) is 20.0. The van der Waals surface area contributed by atoms with Gasteiger partial charge in [-0.3, -0.25) is 0 Å². The summed E-state index contributed by atoms with van der Waals surface area (Å²) in [5.74, 6) is 0.514. The summed E-state index contributed by atoms with van der Waals surface area (Å²) in [6.07, 6.45) is 17.4. The van der Waals surface area contributed by atoms with Crippen LogP contribution in [-0.2, 0) is 10.8 Å². The summed E-state index contributed by atoms with van der Waals surface area (Å²) >= 11 is 0. The van der Waals surface area contributed by atoms with E-state index in [2.05, 4.69) is 197 Å². The monoisotopic (exact) mass is 811 g/mol. The molecule has 0 heteroatoms. The Bertz CT molecular complexity index is 2790. The van der Waals surface area contributed by atoms with Crippen molar-refractivity contribution in [3.05, 3.63) is 200 Å². The van der Waals surface area contributed by atoms with Crippen molar-refractivity contribution < 1.29 is 0 Å². The number of fused-ring (bicyclic) bond motifs is 4. The van der Waals surface area contributed by atoms with Crippen molar-refractivity contribution in [2.45, 2.75) is 131 Å². The summed E-state index contributed by atoms with van der Waals surface area (Å²) in [5, 5.41) is 0. The molecule has 0 N–H and O–H groups in total. The predicted octanol–water partition coefficient (Wildman–Crippen LogP) is 17.7. The molecule has 5 aliphatic rings. The third-order valence-corrected chi connectivity index (χ3v) is 15.5. The van der Waals surface area contributed by atoms with Crippen molar-refractivity contribution in [2.24, 2.45) is 0 Å². The van der Waals surface area contributed by atoms with Crippen LogP contribution in [0.5, 0.6) is 0 Å². The highest BCUT2D eigenvalue weighted by Crippen LogP contribution is 2.56. The third-order valence-electron chi connectivity index (χ3n) is 15.5. The van der Waals surface area contributed by atoms with Crippen LogP contribution in [0, 0.1) is 13.8 Å². The van der Waals surface area contributed by atoms with Crippen molar-refractivity contribution in [2.75, 3.05) is 0 Å². The summed E-state index contributed by atoms with van der Waals surface area (Å²) in [6.45, 7) is 23.4. The van der Waals surface area contributed by atoms with Crippen LogP contribution in [0.25, 0.3) is 44.5 Å². The van der Waals surface area contributed by atoms with Gasteiger partial charge in [0.2, 0.25) is 0 Å². The molecule has 10 rings (SSSR count). The molecule has 0 fully saturated rings. The largest absolute Gasteiger partial charge is 0.0836 e. The van der Waals surface area contributed by atoms with E-state index in [4.69, 9.17) is 0 Å². The van der Waals surface area contributed by atoms with E-state index < -0.39 is 0 Å². The first-order valence-electron chi connectivity index (χ1n) is 23.6. The fourth-order valence-electron chi connectivity index (χ4n) is 11.6. The van der Waals surface area contributed by atoms with Crippen molar-refractivity contribution in [1.82, 2.24) is 0 Å². The van der Waals surface area contributed by atoms with E-state index in [0.717, 1.165) is 19.3 Å². The lowest BCUT2D eigenvalue weighted by Gasteiger charge is -2.30. The minimum atomic E-state index is 0.127. The Morgan fingerprint density at radius 1 is 0.532 bits per heavy atom. The molecule has 0 nitrogen and oxygen atoms in total. The first kappa shape index (κ1) is 41.9. The van der Waals surface area contributed by atoms with Gasteiger partial charge in [0.15, 0.2) is 0 Å². The lowest BCUT2D eigenvalue weighted by molar-refractivity contribution is 0.607. The van der Waals surface area contributed by atoms with Crippen LogP contribution in [0.2, 0.25) is 0 Å². The Hall–Kier alpha value is -5.46. The van der Waals surface area contributed by atoms with Gasteiger partial charge >= 0.3 is 0 Å². The van der Waals surface area contributed by atoms with E-state index in [0.29, 0.717) is 5.92 Å². The molecule has 1 atom stereocenters. The number of aryl methyl sites for hydroxylation is 2. The third kappa shape index (κ3) is 7.09. The molecule has 0 heterocycles. The summed E-state index contributed by atoms with van der Waals surface area (Å²) in [7, 11) is 0. The number of benzene rings is 5. The number of hydrogen-bond acceptors (Lipinski definition) is 0. The summed E-state index contributed by atoms with van der Waals surface area (Å²) < 4.78 is 0. The zero-order valence-corrected chi connectivity index (χ0v) is 39.2. The van der Waals surface area contributed by atoms with Crippen LogP contribution >= 0.6 is 0 Å². The lowest BCUT2D eigenvalue weighted by Crippen LogP contribution is -2.18. The second-order valence-electron chi connectivity index (χ2n) is 20.0. The van der Waals surface area contributed by atoms with Crippen LogP contribution in [0.3, 0.4) is 0 Å². The highest BCUT2D eigenvalue weighted by molar-refractivity contribution is 5.98. The predicted molar refractivity (Wildman–Crippen MR) is 269 cm³/mol. The van der Waals surface area contributed by atoms with E-state index in [9.17, 15) is 0 Å². The molecule has 0 amide bonds. The van der Waals surface area contributed by atoms with Gasteiger partial charge in [0.1, 0.15) is 0 Å². The van der Waals surface area contributed by atoms with E-state index in [-0.39, 0.29) is 10.8 Å². The van der Waals surface area contributed by atoms with Gasteiger partial charge in [0.05, 0.1) is 0 Å². The maximum absolute atomic E-state index is 2.45. The van der Waals surface area contributed by atoms with E-state index in [1.807, 2.05) is 0 Å². The van der Waals surface area contributed by atoms with Crippen molar-refractivity contribution in [3.8, 4) is 22.3 Å². The number of hydrogen-bond donors (Lipinski definition) is 0. The van der Waals surface area contributed by atoms with E-state index >= 15 is 0 Å². The molecule has 5 aliphatic carbocycles. The van der Waals surface area contributed by atoms with Crippen LogP contribution in [0.1, 0.15) is 156 Å². The molecular weight excluding hydrogens is 745 g/mol.